The largest absolute Gasteiger partial charge is 0.305 e. The molecule has 0 fully saturated rings. The molecule has 0 aliphatic carbocycles. The minimum atomic E-state index is 0.0601. The van der Waals surface area contributed by atoms with E-state index >= 15 is 0 Å². The van der Waals surface area contributed by atoms with Crippen LogP contribution in [0.5, 0.6) is 0 Å². The van der Waals surface area contributed by atoms with Crippen LogP contribution in [-0.2, 0) is 0 Å². The maximum atomic E-state index is 8.44. The molecule has 0 aliphatic rings. The van der Waals surface area contributed by atoms with Crippen LogP contribution in [0.1, 0.15) is 26.2 Å². The lowest BCUT2D eigenvalue weighted by Gasteiger charge is -2.03. The Morgan fingerprint density at radius 3 is 2.67 bits per heavy atom. The molecule has 0 spiro atoms. The maximum Gasteiger partial charge on any atom is 0.0950 e. The molecule has 1 N–H and O–H groups in total. The van der Waals surface area contributed by atoms with E-state index in [9.17, 15) is 0 Å². The van der Waals surface area contributed by atoms with E-state index in [-0.39, 0.29) is 6.04 Å². The van der Waals surface area contributed by atoms with Crippen molar-refractivity contribution in [2.45, 2.75) is 32.2 Å². The number of hydrogen-bond acceptors (Lipinski definition) is 2. The lowest BCUT2D eigenvalue weighted by atomic mass is 10.1. The Balaban J connectivity index is 3.23. The third-order valence-corrected chi connectivity index (χ3v) is 1.35. The van der Waals surface area contributed by atoms with Gasteiger partial charge in [0.1, 0.15) is 0 Å². The summed E-state index contributed by atoms with van der Waals surface area (Å²) < 4.78 is 0. The van der Waals surface area contributed by atoms with Gasteiger partial charge in [-0.1, -0.05) is 19.8 Å². The summed E-state index contributed by atoms with van der Waals surface area (Å²) in [5.74, 6) is 0. The summed E-state index contributed by atoms with van der Waals surface area (Å²) in [5, 5.41) is 11.4. The quantitative estimate of drug-likeness (QED) is 0.616. The predicted octanol–water partition coefficient (Wildman–Crippen LogP) is 1.29. The van der Waals surface area contributed by atoms with E-state index in [1.807, 2.05) is 7.05 Å². The van der Waals surface area contributed by atoms with Crippen LogP contribution < -0.4 is 5.32 Å². The molecule has 2 heteroatoms. The molecule has 9 heavy (non-hydrogen) atoms. The first kappa shape index (κ1) is 8.45. The number of nitriles is 1. The average molecular weight is 126 g/mol. The van der Waals surface area contributed by atoms with Gasteiger partial charge in [0.15, 0.2) is 0 Å². The Morgan fingerprint density at radius 2 is 2.33 bits per heavy atom. The number of hydrogen-bond donors (Lipinski definition) is 1. The zero-order valence-corrected chi connectivity index (χ0v) is 6.15. The van der Waals surface area contributed by atoms with Crippen LogP contribution in [0.2, 0.25) is 0 Å². The number of unbranched alkanes of at least 4 members (excludes halogenated alkanes) is 1. The van der Waals surface area contributed by atoms with Crippen molar-refractivity contribution in [2.24, 2.45) is 0 Å². The van der Waals surface area contributed by atoms with Crippen LogP contribution in [0.3, 0.4) is 0 Å². The zero-order valence-electron chi connectivity index (χ0n) is 6.15. The molecule has 0 aromatic heterocycles. The van der Waals surface area contributed by atoms with E-state index in [0.29, 0.717) is 0 Å². The fraction of sp³-hybridized carbons (Fsp3) is 0.857. The summed E-state index contributed by atoms with van der Waals surface area (Å²) >= 11 is 0. The SMILES string of the molecule is CCCC[C@H](C#N)NC. The second kappa shape index (κ2) is 5.58. The number of nitrogens with one attached hydrogen (secondary N) is 1. The Bertz CT molecular complexity index is 93.6. The highest BCUT2D eigenvalue weighted by molar-refractivity contribution is 4.87. The first-order valence-corrected chi connectivity index (χ1v) is 3.42. The second-order valence-electron chi connectivity index (χ2n) is 2.11. The maximum absolute atomic E-state index is 8.44. The van der Waals surface area contributed by atoms with Gasteiger partial charge in [0, 0.05) is 0 Å². The molecule has 0 saturated carbocycles. The van der Waals surface area contributed by atoms with E-state index in [1.165, 1.54) is 6.42 Å². The summed E-state index contributed by atoms with van der Waals surface area (Å²) in [6.45, 7) is 2.13. The molecule has 0 bridgehead atoms. The van der Waals surface area contributed by atoms with Crippen LogP contribution in [0, 0.1) is 11.3 Å². The summed E-state index contributed by atoms with van der Waals surface area (Å²) in [5.41, 5.74) is 0. The predicted molar refractivity (Wildman–Crippen MR) is 38.0 cm³/mol. The molecule has 0 aromatic rings. The normalized spacial score (nSPS) is 12.6. The highest BCUT2D eigenvalue weighted by Gasteiger charge is 1.99. The summed E-state index contributed by atoms with van der Waals surface area (Å²) in [4.78, 5) is 0. The van der Waals surface area contributed by atoms with Crippen LogP contribution in [0.25, 0.3) is 0 Å². The molecule has 52 valence electrons. The van der Waals surface area contributed by atoms with Crippen molar-refractivity contribution in [3.63, 3.8) is 0 Å². The zero-order chi connectivity index (χ0) is 7.11. The highest BCUT2D eigenvalue weighted by Crippen LogP contribution is 1.97. The molecule has 0 unspecified atom stereocenters. The Kier molecular flexibility index (Phi) is 5.24. The third kappa shape index (κ3) is 3.99. The Labute approximate surface area is 56.9 Å². The fourth-order valence-electron chi connectivity index (χ4n) is 0.682. The van der Waals surface area contributed by atoms with Gasteiger partial charge < -0.3 is 5.32 Å². The van der Waals surface area contributed by atoms with Gasteiger partial charge >= 0.3 is 0 Å². The van der Waals surface area contributed by atoms with Gasteiger partial charge in [0.2, 0.25) is 0 Å². The van der Waals surface area contributed by atoms with E-state index < -0.39 is 0 Å². The topological polar surface area (TPSA) is 35.8 Å². The van der Waals surface area contributed by atoms with E-state index in [0.717, 1.165) is 12.8 Å². The van der Waals surface area contributed by atoms with Crippen molar-refractivity contribution >= 4 is 0 Å². The number of rotatable bonds is 4. The van der Waals surface area contributed by atoms with Gasteiger partial charge in [-0.05, 0) is 13.5 Å². The lowest BCUT2D eigenvalue weighted by Crippen LogP contribution is -2.22. The molecule has 0 heterocycles. The smallest absolute Gasteiger partial charge is 0.0950 e. The molecule has 0 saturated heterocycles. The van der Waals surface area contributed by atoms with Gasteiger partial charge in [0.25, 0.3) is 0 Å². The molecular weight excluding hydrogens is 112 g/mol. The van der Waals surface area contributed by atoms with Crippen molar-refractivity contribution in [1.29, 1.82) is 5.26 Å². The van der Waals surface area contributed by atoms with Crippen molar-refractivity contribution < 1.29 is 0 Å². The lowest BCUT2D eigenvalue weighted by molar-refractivity contribution is 0.587. The first-order chi connectivity index (χ1) is 4.35. The molecule has 0 radical (unpaired) electrons. The first-order valence-electron chi connectivity index (χ1n) is 3.42. The summed E-state index contributed by atoms with van der Waals surface area (Å²) in [6, 6.07) is 2.24. The molecule has 0 amide bonds. The Morgan fingerprint density at radius 1 is 1.67 bits per heavy atom. The Hall–Kier alpha value is -0.550. The second-order valence-corrected chi connectivity index (χ2v) is 2.11. The third-order valence-electron chi connectivity index (χ3n) is 1.35. The van der Waals surface area contributed by atoms with Crippen molar-refractivity contribution in [3.05, 3.63) is 0 Å². The van der Waals surface area contributed by atoms with Gasteiger partial charge in [-0.2, -0.15) is 5.26 Å². The van der Waals surface area contributed by atoms with Gasteiger partial charge in [-0.3, -0.25) is 0 Å². The molecule has 2 nitrogen and oxygen atoms in total. The minimum absolute atomic E-state index is 0.0601. The van der Waals surface area contributed by atoms with Crippen molar-refractivity contribution in [2.75, 3.05) is 7.05 Å². The van der Waals surface area contributed by atoms with Crippen molar-refractivity contribution in [3.8, 4) is 6.07 Å². The summed E-state index contributed by atoms with van der Waals surface area (Å²) in [7, 11) is 1.82. The van der Waals surface area contributed by atoms with E-state index in [4.69, 9.17) is 5.26 Å². The summed E-state index contributed by atoms with van der Waals surface area (Å²) in [6.07, 6.45) is 3.28. The molecule has 0 aromatic carbocycles. The van der Waals surface area contributed by atoms with Gasteiger partial charge in [0.05, 0.1) is 12.1 Å². The van der Waals surface area contributed by atoms with E-state index in [2.05, 4.69) is 18.3 Å². The number of nitrogens with zero attached hydrogens (tertiary/aromatic N) is 1. The van der Waals surface area contributed by atoms with Crippen LogP contribution in [0.15, 0.2) is 0 Å². The fourth-order valence-corrected chi connectivity index (χ4v) is 0.682. The molecule has 0 aliphatic heterocycles. The monoisotopic (exact) mass is 126 g/mol. The van der Waals surface area contributed by atoms with Crippen LogP contribution in [-0.4, -0.2) is 13.1 Å². The minimum Gasteiger partial charge on any atom is -0.305 e. The molecule has 0 rings (SSSR count). The van der Waals surface area contributed by atoms with Crippen LogP contribution in [0.4, 0.5) is 0 Å². The standard InChI is InChI=1S/C7H14N2/c1-3-4-5-7(6-8)9-2/h7,9H,3-5H2,1-2H3/t7-/m1/s1. The molecular formula is C7H14N2. The van der Waals surface area contributed by atoms with Gasteiger partial charge in [-0.25, -0.2) is 0 Å². The van der Waals surface area contributed by atoms with Crippen LogP contribution >= 0.6 is 0 Å². The van der Waals surface area contributed by atoms with E-state index in [1.54, 1.807) is 0 Å². The molecule has 1 atom stereocenters. The van der Waals surface area contributed by atoms with Crippen molar-refractivity contribution in [1.82, 2.24) is 5.32 Å². The highest BCUT2D eigenvalue weighted by atomic mass is 14.9. The average Bonchev–Trinajstić information content (AvgIpc) is 1.91. The van der Waals surface area contributed by atoms with Gasteiger partial charge in [-0.15, -0.1) is 0 Å².